The summed E-state index contributed by atoms with van der Waals surface area (Å²) in [6.45, 7) is 0. The summed E-state index contributed by atoms with van der Waals surface area (Å²) in [4.78, 5) is 60.1. The third-order valence-corrected chi connectivity index (χ3v) is 6.35. The number of imide groups is 2. The molecule has 1 aliphatic heterocycles. The lowest BCUT2D eigenvalue weighted by molar-refractivity contribution is -0.394. The lowest BCUT2D eigenvalue weighted by Crippen LogP contribution is -2.54. The van der Waals surface area contributed by atoms with Crippen LogP contribution in [0.15, 0.2) is 69.1 Å². The fraction of sp³-hybridized carbons (Fsp3) is 0. The zero-order chi connectivity index (χ0) is 27.7. The fourth-order valence-electron chi connectivity index (χ4n) is 3.42. The van der Waals surface area contributed by atoms with Gasteiger partial charge in [0.2, 0.25) is 5.75 Å². The lowest BCUT2D eigenvalue weighted by atomic mass is 10.1. The van der Waals surface area contributed by atoms with Gasteiger partial charge in [-0.3, -0.25) is 35.1 Å². The summed E-state index contributed by atoms with van der Waals surface area (Å²) in [7, 11) is 0. The van der Waals surface area contributed by atoms with Crippen LogP contribution in [0.4, 0.5) is 21.9 Å². The molecule has 0 atom stereocenters. The number of nitro benzene ring substituents is 2. The number of carbonyl (C=O) groups is 3. The average molecular weight is 667 g/mol. The summed E-state index contributed by atoms with van der Waals surface area (Å²) in [6, 6.07) is 10.7. The van der Waals surface area contributed by atoms with Crippen molar-refractivity contribution < 1.29 is 29.0 Å². The third kappa shape index (κ3) is 5.41. The van der Waals surface area contributed by atoms with Crippen LogP contribution in [0.5, 0.6) is 11.5 Å². The largest absolute Gasteiger partial charge is 0.448 e. The van der Waals surface area contributed by atoms with Crippen molar-refractivity contribution in [3.05, 3.63) is 99.9 Å². The molecule has 0 bridgehead atoms. The summed E-state index contributed by atoms with van der Waals surface area (Å²) in [5.74, 6) is -2.33. The van der Waals surface area contributed by atoms with Crippen molar-refractivity contribution in [1.82, 2.24) is 5.32 Å². The highest BCUT2D eigenvalue weighted by molar-refractivity contribution is 9.11. The first-order valence-corrected chi connectivity index (χ1v) is 12.2. The summed E-state index contributed by atoms with van der Waals surface area (Å²) < 4.78 is 6.51. The van der Waals surface area contributed by atoms with E-state index < -0.39 is 44.6 Å². The molecule has 4 rings (SSSR count). The van der Waals surface area contributed by atoms with E-state index in [0.29, 0.717) is 4.47 Å². The van der Waals surface area contributed by atoms with E-state index in [-0.39, 0.29) is 32.2 Å². The SMILES string of the molecule is O=C1NC(=O)N(c2cccc(Cl)c2)C(=O)/C1=C/c1cc(Br)cc(Br)c1Oc1ccc([N+](=O)[O-])cc1[N+](=O)[O-]. The van der Waals surface area contributed by atoms with Crippen LogP contribution in [0.3, 0.4) is 0 Å². The van der Waals surface area contributed by atoms with Gasteiger partial charge in [-0.2, -0.15) is 0 Å². The Hall–Kier alpha value is -4.14. The molecule has 0 aromatic heterocycles. The molecule has 4 amide bonds. The molecule has 1 aliphatic rings. The van der Waals surface area contributed by atoms with Crippen molar-refractivity contribution in [3.63, 3.8) is 0 Å². The van der Waals surface area contributed by atoms with Gasteiger partial charge in [-0.05, 0) is 58.4 Å². The zero-order valence-corrected chi connectivity index (χ0v) is 22.4. The minimum absolute atomic E-state index is 0.0514. The van der Waals surface area contributed by atoms with E-state index in [4.69, 9.17) is 16.3 Å². The molecule has 1 fully saturated rings. The number of anilines is 1. The van der Waals surface area contributed by atoms with Gasteiger partial charge < -0.3 is 4.74 Å². The first kappa shape index (κ1) is 26.9. The molecule has 1 N–H and O–H groups in total. The van der Waals surface area contributed by atoms with E-state index in [1.807, 2.05) is 0 Å². The molecule has 0 unspecified atom stereocenters. The van der Waals surface area contributed by atoms with Gasteiger partial charge in [-0.25, -0.2) is 9.69 Å². The first-order valence-electron chi connectivity index (χ1n) is 10.2. The molecule has 15 heteroatoms. The number of nitrogens with one attached hydrogen (secondary N) is 1. The van der Waals surface area contributed by atoms with Gasteiger partial charge in [0, 0.05) is 21.1 Å². The Bertz CT molecular complexity index is 1590. The Labute approximate surface area is 234 Å². The predicted molar refractivity (Wildman–Crippen MR) is 142 cm³/mol. The minimum Gasteiger partial charge on any atom is -0.448 e. The molecule has 0 saturated carbocycles. The van der Waals surface area contributed by atoms with Gasteiger partial charge in [0.25, 0.3) is 17.5 Å². The molecule has 0 aliphatic carbocycles. The highest BCUT2D eigenvalue weighted by Crippen LogP contribution is 2.41. The standard InChI is InChI=1S/C23H11Br2ClN4O8/c24-12-6-11(7-16-21(31)27-23(33)28(22(16)32)14-3-1-2-13(26)9-14)20(17(25)8-12)38-19-5-4-15(29(34)35)10-18(19)30(36)37/h1-10H,(H,27,31,33)/b16-7+. The topological polar surface area (TPSA) is 162 Å². The van der Waals surface area contributed by atoms with E-state index >= 15 is 0 Å². The van der Waals surface area contributed by atoms with Gasteiger partial charge in [0.15, 0.2) is 0 Å². The van der Waals surface area contributed by atoms with Crippen molar-refractivity contribution >= 4 is 84.4 Å². The highest BCUT2D eigenvalue weighted by Gasteiger charge is 2.37. The second kappa shape index (κ2) is 10.7. The maximum absolute atomic E-state index is 13.3. The van der Waals surface area contributed by atoms with Crippen molar-refractivity contribution in [2.45, 2.75) is 0 Å². The Morgan fingerprint density at radius 1 is 0.974 bits per heavy atom. The number of amides is 4. The minimum atomic E-state index is -0.985. The summed E-state index contributed by atoms with van der Waals surface area (Å²) in [6.07, 6.45) is 1.14. The van der Waals surface area contributed by atoms with Gasteiger partial charge in [-0.15, -0.1) is 0 Å². The van der Waals surface area contributed by atoms with Crippen LogP contribution in [0.1, 0.15) is 5.56 Å². The van der Waals surface area contributed by atoms with E-state index in [2.05, 4.69) is 37.2 Å². The number of hydrogen-bond donors (Lipinski definition) is 1. The van der Waals surface area contributed by atoms with Gasteiger partial charge in [-0.1, -0.05) is 33.6 Å². The second-order valence-corrected chi connectivity index (χ2v) is 9.72. The maximum atomic E-state index is 13.3. The molecule has 38 heavy (non-hydrogen) atoms. The van der Waals surface area contributed by atoms with Gasteiger partial charge >= 0.3 is 11.7 Å². The fourth-order valence-corrected chi connectivity index (χ4v) is 4.94. The maximum Gasteiger partial charge on any atom is 0.335 e. The van der Waals surface area contributed by atoms with Crippen molar-refractivity contribution in [3.8, 4) is 11.5 Å². The van der Waals surface area contributed by atoms with Gasteiger partial charge in [0.1, 0.15) is 11.3 Å². The molecule has 3 aromatic carbocycles. The molecule has 3 aromatic rings. The van der Waals surface area contributed by atoms with E-state index in [9.17, 15) is 34.6 Å². The number of urea groups is 1. The molecule has 12 nitrogen and oxygen atoms in total. The van der Waals surface area contributed by atoms with Crippen LogP contribution in [0.25, 0.3) is 6.08 Å². The third-order valence-electron chi connectivity index (χ3n) is 5.07. The monoisotopic (exact) mass is 664 g/mol. The lowest BCUT2D eigenvalue weighted by Gasteiger charge is -2.26. The molecule has 1 heterocycles. The average Bonchev–Trinajstić information content (AvgIpc) is 2.83. The Balaban J connectivity index is 1.82. The number of non-ortho nitro benzene ring substituents is 1. The van der Waals surface area contributed by atoms with Crippen LogP contribution >= 0.6 is 43.5 Å². The first-order chi connectivity index (χ1) is 18.0. The predicted octanol–water partition coefficient (Wildman–Crippen LogP) is 6.14. The van der Waals surface area contributed by atoms with Crippen LogP contribution in [0, 0.1) is 20.2 Å². The van der Waals surface area contributed by atoms with Gasteiger partial charge in [0.05, 0.1) is 26.1 Å². The molecule has 1 saturated heterocycles. The summed E-state index contributed by atoms with van der Waals surface area (Å²) in [5, 5.41) is 25.0. The number of barbiturate groups is 1. The van der Waals surface area contributed by atoms with E-state index in [1.54, 1.807) is 12.1 Å². The highest BCUT2D eigenvalue weighted by atomic mass is 79.9. The van der Waals surface area contributed by atoms with Crippen molar-refractivity contribution in [2.75, 3.05) is 4.90 Å². The number of carbonyl (C=O) groups excluding carboxylic acids is 3. The molecule has 192 valence electrons. The number of halogens is 3. The van der Waals surface area contributed by atoms with Crippen LogP contribution in [-0.4, -0.2) is 27.7 Å². The number of nitrogens with zero attached hydrogens (tertiary/aromatic N) is 3. The van der Waals surface area contributed by atoms with E-state index in [0.717, 1.165) is 29.2 Å². The van der Waals surface area contributed by atoms with Crippen LogP contribution in [-0.2, 0) is 9.59 Å². The summed E-state index contributed by atoms with van der Waals surface area (Å²) in [5.41, 5.74) is -1.42. The Morgan fingerprint density at radius 3 is 2.37 bits per heavy atom. The smallest absolute Gasteiger partial charge is 0.335 e. The van der Waals surface area contributed by atoms with Crippen LogP contribution < -0.4 is 15.0 Å². The second-order valence-electron chi connectivity index (χ2n) is 7.51. The normalized spacial score (nSPS) is 14.4. The molecular formula is C23H11Br2ClN4O8. The van der Waals surface area contributed by atoms with E-state index in [1.165, 1.54) is 24.3 Å². The Kier molecular flexibility index (Phi) is 7.57. The summed E-state index contributed by atoms with van der Waals surface area (Å²) >= 11 is 12.6. The Morgan fingerprint density at radius 2 is 1.71 bits per heavy atom. The number of hydrogen-bond acceptors (Lipinski definition) is 8. The van der Waals surface area contributed by atoms with Crippen molar-refractivity contribution in [2.24, 2.45) is 0 Å². The van der Waals surface area contributed by atoms with Crippen molar-refractivity contribution in [1.29, 1.82) is 0 Å². The van der Waals surface area contributed by atoms with Crippen LogP contribution in [0.2, 0.25) is 5.02 Å². The number of rotatable bonds is 6. The zero-order valence-electron chi connectivity index (χ0n) is 18.5. The number of benzene rings is 3. The number of nitro groups is 2. The quantitative estimate of drug-likeness (QED) is 0.142. The molecular weight excluding hydrogens is 656 g/mol. The molecule has 0 spiro atoms. The number of ether oxygens (including phenoxy) is 1. The molecule has 0 radical (unpaired) electrons.